The Balaban J connectivity index is 1.64. The third-order valence-corrected chi connectivity index (χ3v) is 4.07. The van der Waals surface area contributed by atoms with Crippen LogP contribution in [0.15, 0.2) is 70.0 Å². The van der Waals surface area contributed by atoms with Gasteiger partial charge in [0.1, 0.15) is 11.5 Å². The van der Waals surface area contributed by atoms with Crippen molar-refractivity contribution in [2.24, 2.45) is 0 Å². The molecule has 2 heterocycles. The van der Waals surface area contributed by atoms with E-state index >= 15 is 0 Å². The standard InChI is InChI=1S/C20H15FN4O2/c1-13-2-6-15(7-3-13)19-22-20(27-24-19)17-10-11-18(26)25(23-17)12-14-4-8-16(21)9-5-14/h2-11H,12H2,1H3. The SMILES string of the molecule is Cc1ccc(-c2noc(-c3ccc(=O)n(Cc4ccc(F)cc4)n3)n2)cc1. The molecule has 0 atom stereocenters. The molecule has 0 saturated carbocycles. The fourth-order valence-electron chi connectivity index (χ4n) is 2.59. The molecular formula is C20H15FN4O2. The zero-order valence-electron chi connectivity index (χ0n) is 14.5. The van der Waals surface area contributed by atoms with E-state index in [2.05, 4.69) is 15.2 Å². The van der Waals surface area contributed by atoms with Crippen LogP contribution in [0, 0.1) is 12.7 Å². The maximum absolute atomic E-state index is 13.0. The maximum Gasteiger partial charge on any atom is 0.278 e. The minimum atomic E-state index is -0.331. The molecule has 0 aliphatic heterocycles. The van der Waals surface area contributed by atoms with E-state index in [1.54, 1.807) is 12.1 Å². The van der Waals surface area contributed by atoms with E-state index in [1.165, 1.54) is 28.9 Å². The van der Waals surface area contributed by atoms with Crippen molar-refractivity contribution in [1.82, 2.24) is 19.9 Å². The van der Waals surface area contributed by atoms with E-state index < -0.39 is 0 Å². The summed E-state index contributed by atoms with van der Waals surface area (Å²) in [5.41, 5.74) is 2.84. The molecule has 0 fully saturated rings. The van der Waals surface area contributed by atoms with Crippen LogP contribution in [-0.2, 0) is 6.54 Å². The topological polar surface area (TPSA) is 73.8 Å². The predicted molar refractivity (Wildman–Crippen MR) is 97.5 cm³/mol. The van der Waals surface area contributed by atoms with Crippen molar-refractivity contribution in [2.75, 3.05) is 0 Å². The van der Waals surface area contributed by atoms with Crippen LogP contribution in [0.25, 0.3) is 23.0 Å². The molecule has 0 amide bonds. The smallest absolute Gasteiger partial charge is 0.278 e. The first-order valence-corrected chi connectivity index (χ1v) is 8.32. The first-order chi connectivity index (χ1) is 13.1. The average molecular weight is 362 g/mol. The minimum absolute atomic E-state index is 0.214. The monoisotopic (exact) mass is 362 g/mol. The summed E-state index contributed by atoms with van der Waals surface area (Å²) in [5.74, 6) is 0.337. The van der Waals surface area contributed by atoms with Gasteiger partial charge in [-0.2, -0.15) is 10.1 Å². The van der Waals surface area contributed by atoms with E-state index in [4.69, 9.17) is 4.52 Å². The van der Waals surface area contributed by atoms with Crippen molar-refractivity contribution < 1.29 is 8.91 Å². The lowest BCUT2D eigenvalue weighted by Gasteiger charge is -2.05. The summed E-state index contributed by atoms with van der Waals surface area (Å²) in [7, 11) is 0. The van der Waals surface area contributed by atoms with Crippen LogP contribution in [0.4, 0.5) is 4.39 Å². The Morgan fingerprint density at radius 2 is 1.74 bits per heavy atom. The number of rotatable bonds is 4. The van der Waals surface area contributed by atoms with Gasteiger partial charge in [-0.05, 0) is 30.7 Å². The molecule has 0 saturated heterocycles. The van der Waals surface area contributed by atoms with Crippen molar-refractivity contribution in [1.29, 1.82) is 0 Å². The quantitative estimate of drug-likeness (QED) is 0.556. The Morgan fingerprint density at radius 3 is 2.48 bits per heavy atom. The van der Waals surface area contributed by atoms with Crippen LogP contribution < -0.4 is 5.56 Å². The largest absolute Gasteiger partial charge is 0.332 e. The van der Waals surface area contributed by atoms with Gasteiger partial charge in [-0.3, -0.25) is 4.79 Å². The van der Waals surface area contributed by atoms with E-state index in [-0.39, 0.29) is 23.8 Å². The summed E-state index contributed by atoms with van der Waals surface area (Å²) in [5, 5.41) is 8.28. The van der Waals surface area contributed by atoms with Crippen molar-refractivity contribution >= 4 is 0 Å². The summed E-state index contributed by atoms with van der Waals surface area (Å²) in [6.07, 6.45) is 0. The molecule has 7 heteroatoms. The molecule has 2 aromatic carbocycles. The molecule has 134 valence electrons. The molecule has 6 nitrogen and oxygen atoms in total. The lowest BCUT2D eigenvalue weighted by molar-refractivity contribution is 0.429. The molecule has 4 aromatic rings. The van der Waals surface area contributed by atoms with Gasteiger partial charge in [-0.1, -0.05) is 47.1 Å². The highest BCUT2D eigenvalue weighted by molar-refractivity contribution is 5.57. The molecule has 0 aliphatic carbocycles. The Labute approximate surface area is 153 Å². The van der Waals surface area contributed by atoms with Crippen molar-refractivity contribution in [2.45, 2.75) is 13.5 Å². The second kappa shape index (κ2) is 6.95. The van der Waals surface area contributed by atoms with E-state index in [9.17, 15) is 9.18 Å². The molecule has 0 N–H and O–H groups in total. The number of hydrogen-bond donors (Lipinski definition) is 0. The molecular weight excluding hydrogens is 347 g/mol. The number of aryl methyl sites for hydroxylation is 1. The molecule has 0 radical (unpaired) electrons. The van der Waals surface area contributed by atoms with Gasteiger partial charge in [0.05, 0.1) is 6.54 Å². The average Bonchev–Trinajstić information content (AvgIpc) is 3.16. The van der Waals surface area contributed by atoms with Gasteiger partial charge in [-0.15, -0.1) is 0 Å². The summed E-state index contributed by atoms with van der Waals surface area (Å²) < 4.78 is 19.6. The van der Waals surface area contributed by atoms with Gasteiger partial charge >= 0.3 is 0 Å². The first kappa shape index (κ1) is 16.8. The number of benzene rings is 2. The molecule has 0 spiro atoms. The summed E-state index contributed by atoms with van der Waals surface area (Å²) in [4.78, 5) is 16.5. The van der Waals surface area contributed by atoms with Gasteiger partial charge < -0.3 is 4.52 Å². The van der Waals surface area contributed by atoms with Crippen LogP contribution in [-0.4, -0.2) is 19.9 Å². The molecule has 0 unspecified atom stereocenters. The highest BCUT2D eigenvalue weighted by Crippen LogP contribution is 2.20. The Morgan fingerprint density at radius 1 is 1.00 bits per heavy atom. The third-order valence-electron chi connectivity index (χ3n) is 4.07. The summed E-state index contributed by atoms with van der Waals surface area (Å²) >= 11 is 0. The highest BCUT2D eigenvalue weighted by Gasteiger charge is 2.13. The summed E-state index contributed by atoms with van der Waals surface area (Å²) in [6.45, 7) is 2.21. The summed E-state index contributed by atoms with van der Waals surface area (Å²) in [6, 6.07) is 16.6. The van der Waals surface area contributed by atoms with Gasteiger partial charge in [0.15, 0.2) is 0 Å². The van der Waals surface area contributed by atoms with Crippen LogP contribution in [0.1, 0.15) is 11.1 Å². The second-order valence-corrected chi connectivity index (χ2v) is 6.13. The first-order valence-electron chi connectivity index (χ1n) is 8.32. The molecule has 4 rings (SSSR count). The number of hydrogen-bond acceptors (Lipinski definition) is 5. The minimum Gasteiger partial charge on any atom is -0.332 e. The second-order valence-electron chi connectivity index (χ2n) is 6.13. The van der Waals surface area contributed by atoms with Gasteiger partial charge in [-0.25, -0.2) is 9.07 Å². The Bertz CT molecular complexity index is 1130. The van der Waals surface area contributed by atoms with E-state index in [1.807, 2.05) is 31.2 Å². The fourth-order valence-corrected chi connectivity index (χ4v) is 2.59. The van der Waals surface area contributed by atoms with Gasteiger partial charge in [0.25, 0.3) is 11.4 Å². The number of aromatic nitrogens is 4. The molecule has 0 bridgehead atoms. The zero-order chi connectivity index (χ0) is 18.8. The van der Waals surface area contributed by atoms with Crippen molar-refractivity contribution in [3.63, 3.8) is 0 Å². The van der Waals surface area contributed by atoms with E-state index in [0.29, 0.717) is 11.5 Å². The lowest BCUT2D eigenvalue weighted by Crippen LogP contribution is -2.22. The van der Waals surface area contributed by atoms with Gasteiger partial charge in [0.2, 0.25) is 5.82 Å². The number of halogens is 1. The van der Waals surface area contributed by atoms with Crippen molar-refractivity contribution in [3.05, 3.63) is 88.0 Å². The van der Waals surface area contributed by atoms with Crippen LogP contribution >= 0.6 is 0 Å². The van der Waals surface area contributed by atoms with Crippen LogP contribution in [0.5, 0.6) is 0 Å². The lowest BCUT2D eigenvalue weighted by atomic mass is 10.1. The number of nitrogens with zero attached hydrogens (tertiary/aromatic N) is 4. The highest BCUT2D eigenvalue weighted by atomic mass is 19.1. The molecule has 2 aromatic heterocycles. The fraction of sp³-hybridized carbons (Fsp3) is 0.100. The zero-order valence-corrected chi connectivity index (χ0v) is 14.5. The normalized spacial score (nSPS) is 10.9. The molecule has 0 aliphatic rings. The van der Waals surface area contributed by atoms with Gasteiger partial charge in [0, 0.05) is 11.6 Å². The Hall–Kier alpha value is -3.61. The predicted octanol–water partition coefficient (Wildman–Crippen LogP) is 3.46. The van der Waals surface area contributed by atoms with Crippen LogP contribution in [0.2, 0.25) is 0 Å². The van der Waals surface area contributed by atoms with E-state index in [0.717, 1.165) is 16.7 Å². The van der Waals surface area contributed by atoms with Crippen LogP contribution in [0.3, 0.4) is 0 Å². The third kappa shape index (κ3) is 3.67. The molecule has 27 heavy (non-hydrogen) atoms. The Kier molecular flexibility index (Phi) is 4.33. The van der Waals surface area contributed by atoms with Crippen molar-refractivity contribution in [3.8, 4) is 23.0 Å². The maximum atomic E-state index is 13.0.